The second-order valence-electron chi connectivity index (χ2n) is 5.56. The fourth-order valence-corrected chi connectivity index (χ4v) is 4.82. The summed E-state index contributed by atoms with van der Waals surface area (Å²) in [4.78, 5) is 1.48. The Bertz CT molecular complexity index is 594. The highest BCUT2D eigenvalue weighted by Crippen LogP contribution is 2.40. The molecule has 3 heteroatoms. The van der Waals surface area contributed by atoms with Gasteiger partial charge in [-0.25, -0.2) is 0 Å². The summed E-state index contributed by atoms with van der Waals surface area (Å²) in [6.45, 7) is 0. The van der Waals surface area contributed by atoms with Gasteiger partial charge in [-0.1, -0.05) is 35.9 Å². The minimum absolute atomic E-state index is 0.512. The van der Waals surface area contributed by atoms with Crippen molar-refractivity contribution in [2.24, 2.45) is 0 Å². The fourth-order valence-electron chi connectivity index (χ4n) is 3.46. The lowest BCUT2D eigenvalue weighted by Gasteiger charge is -2.18. The van der Waals surface area contributed by atoms with Crippen LogP contribution in [0, 0.1) is 0 Å². The molecule has 0 saturated heterocycles. The summed E-state index contributed by atoms with van der Waals surface area (Å²) >= 11 is 7.88. The SMILES string of the molecule is Clc1cc2c(s1)CCC2NC1Cc2ccccc2C1. The number of nitrogens with one attached hydrogen (secondary N) is 1. The standard InChI is InChI=1S/C16H16ClNS/c17-16-9-13-14(5-6-15(13)19-16)18-12-7-10-3-1-2-4-11(10)8-12/h1-4,9,12,14,18H,5-8H2. The van der Waals surface area contributed by atoms with Gasteiger partial charge in [0.2, 0.25) is 0 Å². The molecule has 0 aliphatic heterocycles. The summed E-state index contributed by atoms with van der Waals surface area (Å²) in [6.07, 6.45) is 4.75. The Hall–Kier alpha value is -0.830. The number of aryl methyl sites for hydroxylation is 1. The van der Waals surface area contributed by atoms with Crippen LogP contribution in [-0.4, -0.2) is 6.04 Å². The van der Waals surface area contributed by atoms with Gasteiger partial charge in [0.25, 0.3) is 0 Å². The summed E-state index contributed by atoms with van der Waals surface area (Å²) in [5, 5.41) is 3.84. The molecule has 0 radical (unpaired) electrons. The van der Waals surface area contributed by atoms with Crippen molar-refractivity contribution in [1.29, 1.82) is 0 Å². The van der Waals surface area contributed by atoms with Gasteiger partial charge in [0.1, 0.15) is 0 Å². The Balaban J connectivity index is 1.50. The van der Waals surface area contributed by atoms with Crippen molar-refractivity contribution in [3.05, 3.63) is 56.2 Å². The summed E-state index contributed by atoms with van der Waals surface area (Å²) in [7, 11) is 0. The lowest BCUT2D eigenvalue weighted by atomic mass is 10.1. The van der Waals surface area contributed by atoms with E-state index in [1.165, 1.54) is 47.3 Å². The summed E-state index contributed by atoms with van der Waals surface area (Å²) < 4.78 is 0.936. The van der Waals surface area contributed by atoms with E-state index in [-0.39, 0.29) is 0 Å². The molecule has 0 bridgehead atoms. The Morgan fingerprint density at radius 2 is 1.89 bits per heavy atom. The van der Waals surface area contributed by atoms with Gasteiger partial charge in [0.05, 0.1) is 4.34 Å². The highest BCUT2D eigenvalue weighted by Gasteiger charge is 2.29. The van der Waals surface area contributed by atoms with Crippen molar-refractivity contribution in [2.75, 3.05) is 0 Å². The zero-order valence-corrected chi connectivity index (χ0v) is 12.2. The summed E-state index contributed by atoms with van der Waals surface area (Å²) in [6, 6.07) is 12.1. The molecule has 1 aromatic heterocycles. The first kappa shape index (κ1) is 12.0. The third kappa shape index (κ3) is 2.12. The van der Waals surface area contributed by atoms with Crippen molar-refractivity contribution in [2.45, 2.75) is 37.8 Å². The number of fused-ring (bicyclic) bond motifs is 2. The Morgan fingerprint density at radius 1 is 1.16 bits per heavy atom. The first-order valence-electron chi connectivity index (χ1n) is 6.90. The number of hydrogen-bond acceptors (Lipinski definition) is 2. The molecule has 0 amide bonds. The molecule has 1 N–H and O–H groups in total. The molecule has 1 nitrogen and oxygen atoms in total. The van der Waals surface area contributed by atoms with Crippen LogP contribution in [0.15, 0.2) is 30.3 Å². The van der Waals surface area contributed by atoms with Gasteiger partial charge >= 0.3 is 0 Å². The Kier molecular flexibility index (Phi) is 2.91. The van der Waals surface area contributed by atoms with E-state index < -0.39 is 0 Å². The number of hydrogen-bond donors (Lipinski definition) is 1. The second-order valence-corrected chi connectivity index (χ2v) is 7.33. The zero-order valence-electron chi connectivity index (χ0n) is 10.7. The first-order chi connectivity index (χ1) is 9.29. The molecular formula is C16H16ClNS. The molecule has 4 rings (SSSR count). The van der Waals surface area contributed by atoms with Gasteiger partial charge in [0, 0.05) is 17.0 Å². The smallest absolute Gasteiger partial charge is 0.0934 e. The molecule has 2 aliphatic carbocycles. The zero-order chi connectivity index (χ0) is 12.8. The molecular weight excluding hydrogens is 274 g/mol. The van der Waals surface area contributed by atoms with Crippen LogP contribution in [-0.2, 0) is 19.3 Å². The van der Waals surface area contributed by atoms with E-state index in [4.69, 9.17) is 11.6 Å². The number of benzene rings is 1. The summed E-state index contributed by atoms with van der Waals surface area (Å²) in [5.41, 5.74) is 4.48. The van der Waals surface area contributed by atoms with E-state index in [0.717, 1.165) is 4.34 Å². The van der Waals surface area contributed by atoms with E-state index in [1.54, 1.807) is 11.3 Å². The number of rotatable bonds is 2. The molecule has 1 unspecified atom stereocenters. The molecule has 0 saturated carbocycles. The Labute approximate surface area is 122 Å². The Morgan fingerprint density at radius 3 is 2.63 bits per heavy atom. The van der Waals surface area contributed by atoms with Gasteiger partial charge in [-0.2, -0.15) is 0 Å². The number of halogens is 1. The highest BCUT2D eigenvalue weighted by molar-refractivity contribution is 7.16. The van der Waals surface area contributed by atoms with Gasteiger partial charge < -0.3 is 5.32 Å². The lowest BCUT2D eigenvalue weighted by molar-refractivity contribution is 0.443. The molecule has 1 aromatic carbocycles. The van der Waals surface area contributed by atoms with E-state index in [2.05, 4.69) is 35.6 Å². The van der Waals surface area contributed by atoms with Gasteiger partial charge in [-0.05, 0) is 48.4 Å². The van der Waals surface area contributed by atoms with Crippen LogP contribution in [0.4, 0.5) is 0 Å². The van der Waals surface area contributed by atoms with Gasteiger partial charge in [-0.3, -0.25) is 0 Å². The average molecular weight is 290 g/mol. The van der Waals surface area contributed by atoms with Crippen LogP contribution in [0.25, 0.3) is 0 Å². The van der Waals surface area contributed by atoms with Crippen LogP contribution >= 0.6 is 22.9 Å². The highest BCUT2D eigenvalue weighted by atomic mass is 35.5. The molecule has 2 aromatic rings. The third-order valence-electron chi connectivity index (χ3n) is 4.34. The van der Waals surface area contributed by atoms with Crippen molar-refractivity contribution < 1.29 is 0 Å². The predicted octanol–water partition coefficient (Wildman–Crippen LogP) is 4.15. The third-order valence-corrected chi connectivity index (χ3v) is 5.67. The van der Waals surface area contributed by atoms with Crippen LogP contribution in [0.3, 0.4) is 0 Å². The van der Waals surface area contributed by atoms with Crippen molar-refractivity contribution in [1.82, 2.24) is 5.32 Å². The molecule has 19 heavy (non-hydrogen) atoms. The minimum Gasteiger partial charge on any atom is -0.306 e. The minimum atomic E-state index is 0.512. The largest absolute Gasteiger partial charge is 0.306 e. The lowest BCUT2D eigenvalue weighted by Crippen LogP contribution is -2.32. The fraction of sp³-hybridized carbons (Fsp3) is 0.375. The second kappa shape index (κ2) is 4.62. The first-order valence-corrected chi connectivity index (χ1v) is 8.10. The van der Waals surface area contributed by atoms with Crippen LogP contribution in [0.1, 0.15) is 34.0 Å². The van der Waals surface area contributed by atoms with Crippen molar-refractivity contribution in [3.8, 4) is 0 Å². The monoisotopic (exact) mass is 289 g/mol. The molecule has 0 fully saturated rings. The maximum atomic E-state index is 6.12. The van der Waals surface area contributed by atoms with Crippen molar-refractivity contribution in [3.63, 3.8) is 0 Å². The van der Waals surface area contributed by atoms with Crippen molar-refractivity contribution >= 4 is 22.9 Å². The maximum Gasteiger partial charge on any atom is 0.0934 e. The van der Waals surface area contributed by atoms with E-state index in [1.807, 2.05) is 0 Å². The molecule has 98 valence electrons. The van der Waals surface area contributed by atoms with Crippen LogP contribution in [0.5, 0.6) is 0 Å². The topological polar surface area (TPSA) is 12.0 Å². The maximum absolute atomic E-state index is 6.12. The van der Waals surface area contributed by atoms with Gasteiger partial charge in [-0.15, -0.1) is 11.3 Å². The van der Waals surface area contributed by atoms with Crippen LogP contribution < -0.4 is 5.32 Å². The van der Waals surface area contributed by atoms with Gasteiger partial charge in [0.15, 0.2) is 0 Å². The quantitative estimate of drug-likeness (QED) is 0.876. The summed E-state index contributed by atoms with van der Waals surface area (Å²) in [5.74, 6) is 0. The molecule has 1 atom stereocenters. The molecule has 2 aliphatic rings. The molecule has 1 heterocycles. The van der Waals surface area contributed by atoms with E-state index >= 15 is 0 Å². The van der Waals surface area contributed by atoms with E-state index in [9.17, 15) is 0 Å². The van der Waals surface area contributed by atoms with E-state index in [0.29, 0.717) is 12.1 Å². The number of thiophene rings is 1. The normalized spacial score (nSPS) is 21.6. The predicted molar refractivity (Wildman–Crippen MR) is 81.2 cm³/mol. The van der Waals surface area contributed by atoms with Crippen LogP contribution in [0.2, 0.25) is 4.34 Å². The average Bonchev–Trinajstić information content (AvgIpc) is 3.04. The molecule has 0 spiro atoms.